The summed E-state index contributed by atoms with van der Waals surface area (Å²) in [6, 6.07) is 12.1. The maximum Gasteiger partial charge on any atom is 0.261 e. The zero-order valence-corrected chi connectivity index (χ0v) is 13.9. The van der Waals surface area contributed by atoms with E-state index >= 15 is 0 Å². The third-order valence-electron chi connectivity index (χ3n) is 3.68. The number of carbonyl (C=O) groups is 1. The predicted octanol–water partition coefficient (Wildman–Crippen LogP) is 3.64. The van der Waals surface area contributed by atoms with Crippen molar-refractivity contribution < 1.29 is 4.79 Å². The molecule has 5 heteroatoms. The molecule has 1 heterocycles. The van der Waals surface area contributed by atoms with Crippen LogP contribution in [0.25, 0.3) is 10.4 Å². The number of nitrogens with one attached hydrogen (secondary N) is 1. The highest BCUT2D eigenvalue weighted by atomic mass is 79.9. The SMILES string of the molecule is NC(CNC(=O)c1ccc(-c2ccc(Br)cc2)s1)C1CC1. The Balaban J connectivity index is 1.63. The highest BCUT2D eigenvalue weighted by Crippen LogP contribution is 2.31. The van der Waals surface area contributed by atoms with Crippen molar-refractivity contribution in [2.75, 3.05) is 6.54 Å². The Morgan fingerprint density at radius 3 is 2.67 bits per heavy atom. The van der Waals surface area contributed by atoms with Crippen LogP contribution < -0.4 is 11.1 Å². The summed E-state index contributed by atoms with van der Waals surface area (Å²) >= 11 is 4.93. The lowest BCUT2D eigenvalue weighted by Crippen LogP contribution is -2.38. The van der Waals surface area contributed by atoms with Gasteiger partial charge in [0.2, 0.25) is 0 Å². The number of nitrogens with two attached hydrogens (primary N) is 1. The molecule has 0 radical (unpaired) electrons. The quantitative estimate of drug-likeness (QED) is 0.850. The first-order valence-corrected chi connectivity index (χ1v) is 8.64. The fourth-order valence-electron chi connectivity index (χ4n) is 2.22. The van der Waals surface area contributed by atoms with E-state index in [9.17, 15) is 4.79 Å². The standard InChI is InChI=1S/C16H17BrN2OS/c17-12-5-3-11(4-6-12)14-7-8-15(21-14)16(20)19-9-13(18)10-1-2-10/h3-8,10,13H,1-2,9,18H2,(H,19,20). The predicted molar refractivity (Wildman–Crippen MR) is 90.5 cm³/mol. The van der Waals surface area contributed by atoms with Gasteiger partial charge in [0.25, 0.3) is 5.91 Å². The summed E-state index contributed by atoms with van der Waals surface area (Å²) in [5, 5.41) is 2.93. The largest absolute Gasteiger partial charge is 0.350 e. The van der Waals surface area contributed by atoms with Gasteiger partial charge in [0, 0.05) is 21.9 Å². The van der Waals surface area contributed by atoms with Crippen LogP contribution in [0.3, 0.4) is 0 Å². The van der Waals surface area contributed by atoms with E-state index in [1.807, 2.05) is 36.4 Å². The van der Waals surface area contributed by atoms with Crippen molar-refractivity contribution in [1.29, 1.82) is 0 Å². The van der Waals surface area contributed by atoms with Crippen molar-refractivity contribution in [1.82, 2.24) is 5.32 Å². The number of benzene rings is 1. The van der Waals surface area contributed by atoms with Crippen LogP contribution >= 0.6 is 27.3 Å². The Hall–Kier alpha value is -1.17. The molecule has 1 amide bonds. The van der Waals surface area contributed by atoms with Crippen LogP contribution in [0.15, 0.2) is 40.9 Å². The van der Waals surface area contributed by atoms with E-state index < -0.39 is 0 Å². The number of carbonyl (C=O) groups excluding carboxylic acids is 1. The number of halogens is 1. The van der Waals surface area contributed by atoms with Crippen LogP contribution in [0.2, 0.25) is 0 Å². The average Bonchev–Trinajstić information content (AvgIpc) is 3.23. The fourth-order valence-corrected chi connectivity index (χ4v) is 3.41. The first-order valence-electron chi connectivity index (χ1n) is 7.03. The molecule has 0 bridgehead atoms. The maximum atomic E-state index is 12.1. The Kier molecular flexibility index (Phi) is 4.42. The molecule has 1 fully saturated rings. The number of thiophene rings is 1. The van der Waals surface area contributed by atoms with Gasteiger partial charge >= 0.3 is 0 Å². The number of hydrogen-bond acceptors (Lipinski definition) is 3. The highest BCUT2D eigenvalue weighted by Gasteiger charge is 2.28. The molecule has 1 saturated carbocycles. The van der Waals surface area contributed by atoms with Crippen LogP contribution in [0.1, 0.15) is 22.5 Å². The average molecular weight is 365 g/mol. The van der Waals surface area contributed by atoms with E-state index in [0.717, 1.165) is 19.8 Å². The first-order chi connectivity index (χ1) is 10.1. The number of amides is 1. The van der Waals surface area contributed by atoms with Gasteiger partial charge in [-0.2, -0.15) is 0 Å². The lowest BCUT2D eigenvalue weighted by molar-refractivity contribution is 0.0954. The zero-order chi connectivity index (χ0) is 14.8. The van der Waals surface area contributed by atoms with Gasteiger partial charge in [-0.05, 0) is 48.6 Å². The molecule has 1 unspecified atom stereocenters. The van der Waals surface area contributed by atoms with Gasteiger partial charge in [-0.1, -0.05) is 28.1 Å². The van der Waals surface area contributed by atoms with Crippen LogP contribution in [0.4, 0.5) is 0 Å². The third-order valence-corrected chi connectivity index (χ3v) is 5.35. The Bertz CT molecular complexity index is 634. The van der Waals surface area contributed by atoms with Crippen molar-refractivity contribution in [2.24, 2.45) is 11.7 Å². The molecule has 1 atom stereocenters. The summed E-state index contributed by atoms with van der Waals surface area (Å²) in [6.45, 7) is 0.565. The first kappa shape index (κ1) is 14.8. The van der Waals surface area contributed by atoms with E-state index in [2.05, 4.69) is 21.2 Å². The van der Waals surface area contributed by atoms with Gasteiger partial charge in [0.1, 0.15) is 0 Å². The minimum atomic E-state index is -0.0283. The van der Waals surface area contributed by atoms with Crippen LogP contribution in [-0.4, -0.2) is 18.5 Å². The molecule has 1 aliphatic carbocycles. The second-order valence-corrected chi connectivity index (χ2v) is 7.38. The second kappa shape index (κ2) is 6.30. The molecule has 2 aromatic rings. The molecule has 0 aliphatic heterocycles. The van der Waals surface area contributed by atoms with E-state index in [-0.39, 0.29) is 11.9 Å². The molecule has 3 rings (SSSR count). The van der Waals surface area contributed by atoms with Crippen molar-refractivity contribution in [3.63, 3.8) is 0 Å². The van der Waals surface area contributed by atoms with E-state index in [4.69, 9.17) is 5.73 Å². The molecular weight excluding hydrogens is 348 g/mol. The Morgan fingerprint density at radius 1 is 1.29 bits per heavy atom. The normalized spacial score (nSPS) is 15.7. The van der Waals surface area contributed by atoms with Crippen molar-refractivity contribution >= 4 is 33.2 Å². The molecule has 1 aromatic carbocycles. The smallest absolute Gasteiger partial charge is 0.261 e. The lowest BCUT2D eigenvalue weighted by atomic mass is 10.2. The van der Waals surface area contributed by atoms with Crippen LogP contribution in [0, 0.1) is 5.92 Å². The Labute approximate surface area is 136 Å². The molecule has 3 nitrogen and oxygen atoms in total. The zero-order valence-electron chi connectivity index (χ0n) is 11.5. The molecule has 21 heavy (non-hydrogen) atoms. The summed E-state index contributed by atoms with van der Waals surface area (Å²) in [6.07, 6.45) is 2.40. The number of rotatable bonds is 5. The second-order valence-electron chi connectivity index (χ2n) is 5.38. The summed E-state index contributed by atoms with van der Waals surface area (Å²) in [5.41, 5.74) is 7.12. The highest BCUT2D eigenvalue weighted by molar-refractivity contribution is 9.10. The molecule has 1 aliphatic rings. The summed E-state index contributed by atoms with van der Waals surface area (Å²) in [4.78, 5) is 14.0. The van der Waals surface area contributed by atoms with Crippen molar-refractivity contribution in [2.45, 2.75) is 18.9 Å². The van der Waals surface area contributed by atoms with Crippen molar-refractivity contribution in [3.05, 3.63) is 45.7 Å². The van der Waals surface area contributed by atoms with Crippen LogP contribution in [-0.2, 0) is 0 Å². The van der Waals surface area contributed by atoms with Gasteiger partial charge in [-0.15, -0.1) is 11.3 Å². The maximum absolute atomic E-state index is 12.1. The van der Waals surface area contributed by atoms with E-state index in [0.29, 0.717) is 12.5 Å². The molecule has 110 valence electrons. The topological polar surface area (TPSA) is 55.1 Å². The molecule has 3 N–H and O–H groups in total. The lowest BCUT2D eigenvalue weighted by Gasteiger charge is -2.10. The molecule has 0 saturated heterocycles. The summed E-state index contributed by atoms with van der Waals surface area (Å²) in [5.74, 6) is 0.575. The minimum Gasteiger partial charge on any atom is -0.350 e. The minimum absolute atomic E-state index is 0.0283. The number of hydrogen-bond donors (Lipinski definition) is 2. The van der Waals surface area contributed by atoms with Crippen molar-refractivity contribution in [3.8, 4) is 10.4 Å². The fraction of sp³-hybridized carbons (Fsp3) is 0.312. The van der Waals surface area contributed by atoms with Gasteiger partial charge in [0.15, 0.2) is 0 Å². The van der Waals surface area contributed by atoms with E-state index in [1.54, 1.807) is 0 Å². The van der Waals surface area contributed by atoms with Gasteiger partial charge < -0.3 is 11.1 Å². The molecule has 0 spiro atoms. The van der Waals surface area contributed by atoms with Gasteiger partial charge in [-0.3, -0.25) is 4.79 Å². The monoisotopic (exact) mass is 364 g/mol. The van der Waals surface area contributed by atoms with E-state index in [1.165, 1.54) is 24.2 Å². The third kappa shape index (κ3) is 3.73. The summed E-state index contributed by atoms with van der Waals surface area (Å²) < 4.78 is 1.05. The Morgan fingerprint density at radius 2 is 2.00 bits per heavy atom. The van der Waals surface area contributed by atoms with Gasteiger partial charge in [0.05, 0.1) is 4.88 Å². The molecule has 1 aromatic heterocycles. The molecular formula is C16H17BrN2OS. The summed E-state index contributed by atoms with van der Waals surface area (Å²) in [7, 11) is 0. The van der Waals surface area contributed by atoms with Gasteiger partial charge in [-0.25, -0.2) is 0 Å². The van der Waals surface area contributed by atoms with Crippen LogP contribution in [0.5, 0.6) is 0 Å².